The van der Waals surface area contributed by atoms with Crippen LogP contribution in [0.4, 0.5) is 5.82 Å². The summed E-state index contributed by atoms with van der Waals surface area (Å²) in [5.74, 6) is 0.503. The second-order valence-corrected chi connectivity index (χ2v) is 8.24. The Morgan fingerprint density at radius 2 is 1.80 bits per heavy atom. The van der Waals surface area contributed by atoms with Crippen LogP contribution in [0.15, 0.2) is 43.1 Å². The summed E-state index contributed by atoms with van der Waals surface area (Å²) in [5.41, 5.74) is 8.92. The largest absolute Gasteiger partial charge is 0.382 e. The van der Waals surface area contributed by atoms with E-state index in [0.717, 1.165) is 34.4 Å². The minimum atomic E-state index is 0.503. The maximum atomic E-state index is 6.02. The number of nitrogens with two attached hydrogens (primary N) is 1. The number of aromatic amines is 1. The third-order valence-electron chi connectivity index (χ3n) is 2.82. The van der Waals surface area contributed by atoms with Gasteiger partial charge in [0.25, 0.3) is 0 Å². The second-order valence-electron chi connectivity index (χ2n) is 4.10. The van der Waals surface area contributed by atoms with E-state index in [1.807, 2.05) is 30.3 Å². The van der Waals surface area contributed by atoms with Gasteiger partial charge in [0.2, 0.25) is 0 Å². The Kier molecular flexibility index (Phi) is 4.03. The lowest BCUT2D eigenvalue weighted by molar-refractivity contribution is 1.11. The first-order chi connectivity index (χ1) is 9.56. The molecule has 0 bridgehead atoms. The summed E-state index contributed by atoms with van der Waals surface area (Å²) in [5, 5.41) is 7.17. The van der Waals surface area contributed by atoms with Gasteiger partial charge >= 0.3 is 0 Å². The molecule has 0 radical (unpaired) electrons. The molecule has 0 aliphatic rings. The van der Waals surface area contributed by atoms with Gasteiger partial charge in [0.15, 0.2) is 5.82 Å². The number of hydrogen-bond donors (Lipinski definition) is 2. The molecule has 0 saturated heterocycles. The maximum absolute atomic E-state index is 6.02. The molecule has 0 spiro atoms. The van der Waals surface area contributed by atoms with Gasteiger partial charge in [-0.2, -0.15) is 5.10 Å². The Morgan fingerprint density at radius 1 is 1.10 bits per heavy atom. The van der Waals surface area contributed by atoms with Crippen LogP contribution in [0.5, 0.6) is 0 Å². The van der Waals surface area contributed by atoms with Crippen molar-refractivity contribution in [2.75, 3.05) is 5.73 Å². The van der Waals surface area contributed by atoms with Crippen LogP contribution in [0, 0.1) is 0 Å². The van der Waals surface area contributed by atoms with Gasteiger partial charge in [0.1, 0.15) is 0 Å². The predicted octanol–water partition coefficient (Wildman–Crippen LogP) is 5.67. The fraction of sp³-hybridized carbons (Fsp3) is 0. The standard InChI is InChI=1S/C13H8Br3N3S/c14-7-3-1-6(2-4-7)10-11(18-19-13(10)17)9-5-8(15)12(16)20-9/h1-5H,(H3,17,18,19). The van der Waals surface area contributed by atoms with Gasteiger partial charge in [-0.15, -0.1) is 11.3 Å². The molecule has 3 N–H and O–H groups in total. The van der Waals surface area contributed by atoms with Crippen LogP contribution in [0.3, 0.4) is 0 Å². The van der Waals surface area contributed by atoms with Gasteiger partial charge in [0, 0.05) is 8.95 Å². The smallest absolute Gasteiger partial charge is 0.153 e. The average molecular weight is 478 g/mol. The van der Waals surface area contributed by atoms with Crippen LogP contribution in [0.25, 0.3) is 21.7 Å². The molecule has 2 aromatic heterocycles. The molecule has 20 heavy (non-hydrogen) atoms. The lowest BCUT2D eigenvalue weighted by atomic mass is 10.0. The van der Waals surface area contributed by atoms with Crippen molar-refractivity contribution in [2.24, 2.45) is 0 Å². The highest BCUT2D eigenvalue weighted by molar-refractivity contribution is 9.13. The number of hydrogen-bond acceptors (Lipinski definition) is 3. The number of nitrogens with one attached hydrogen (secondary N) is 1. The normalized spacial score (nSPS) is 10.9. The first kappa shape index (κ1) is 14.3. The number of H-pyrrole nitrogens is 1. The van der Waals surface area contributed by atoms with Crippen molar-refractivity contribution in [2.45, 2.75) is 0 Å². The fourth-order valence-electron chi connectivity index (χ4n) is 1.91. The number of aromatic nitrogens is 2. The molecule has 0 aliphatic heterocycles. The van der Waals surface area contributed by atoms with Crippen molar-refractivity contribution >= 4 is 64.9 Å². The van der Waals surface area contributed by atoms with Gasteiger partial charge < -0.3 is 5.73 Å². The van der Waals surface area contributed by atoms with Gasteiger partial charge in [-0.25, -0.2) is 0 Å². The molecule has 0 amide bonds. The second kappa shape index (κ2) is 5.63. The molecular formula is C13H8Br3N3S. The molecule has 3 rings (SSSR count). The quantitative estimate of drug-likeness (QED) is 0.499. The lowest BCUT2D eigenvalue weighted by Gasteiger charge is -2.03. The number of anilines is 1. The molecule has 102 valence electrons. The van der Waals surface area contributed by atoms with Crippen molar-refractivity contribution in [3.63, 3.8) is 0 Å². The highest BCUT2D eigenvalue weighted by atomic mass is 79.9. The van der Waals surface area contributed by atoms with Crippen molar-refractivity contribution in [1.29, 1.82) is 0 Å². The Labute approximate surface area is 145 Å². The van der Waals surface area contributed by atoms with Crippen LogP contribution in [-0.2, 0) is 0 Å². The van der Waals surface area contributed by atoms with E-state index in [2.05, 4.69) is 58.0 Å². The van der Waals surface area contributed by atoms with Crippen LogP contribution in [-0.4, -0.2) is 10.2 Å². The number of halogens is 3. The molecule has 0 unspecified atom stereocenters. The minimum absolute atomic E-state index is 0.503. The molecular weight excluding hydrogens is 470 g/mol. The zero-order valence-corrected chi connectivity index (χ0v) is 15.5. The summed E-state index contributed by atoms with van der Waals surface area (Å²) >= 11 is 12.1. The summed E-state index contributed by atoms with van der Waals surface area (Å²) in [6.45, 7) is 0. The molecule has 0 saturated carbocycles. The number of nitrogens with zero attached hydrogens (tertiary/aromatic N) is 1. The monoisotopic (exact) mass is 475 g/mol. The Morgan fingerprint density at radius 3 is 2.40 bits per heavy atom. The van der Waals surface area contributed by atoms with Crippen LogP contribution in [0.1, 0.15) is 0 Å². The maximum Gasteiger partial charge on any atom is 0.153 e. The Bertz CT molecular complexity index is 742. The molecule has 0 aliphatic carbocycles. The fourth-order valence-corrected chi connectivity index (χ4v) is 4.21. The first-order valence-electron chi connectivity index (χ1n) is 5.61. The Balaban J connectivity index is 2.16. The van der Waals surface area contributed by atoms with Gasteiger partial charge in [0.05, 0.1) is 19.9 Å². The van der Waals surface area contributed by atoms with Crippen LogP contribution in [0.2, 0.25) is 0 Å². The zero-order valence-electron chi connectivity index (χ0n) is 9.95. The van der Waals surface area contributed by atoms with E-state index < -0.39 is 0 Å². The average Bonchev–Trinajstić information content (AvgIpc) is 2.95. The Hall–Kier alpha value is -0.630. The number of rotatable bonds is 2. The molecule has 0 fully saturated rings. The van der Waals surface area contributed by atoms with E-state index in [4.69, 9.17) is 5.73 Å². The van der Waals surface area contributed by atoms with Gasteiger partial charge in [-0.3, -0.25) is 5.10 Å². The summed E-state index contributed by atoms with van der Waals surface area (Å²) in [6.07, 6.45) is 0. The summed E-state index contributed by atoms with van der Waals surface area (Å²) in [4.78, 5) is 1.07. The molecule has 0 atom stereocenters. The van der Waals surface area contributed by atoms with Crippen molar-refractivity contribution in [3.8, 4) is 21.7 Å². The van der Waals surface area contributed by atoms with Crippen molar-refractivity contribution in [1.82, 2.24) is 10.2 Å². The lowest BCUT2D eigenvalue weighted by Crippen LogP contribution is -1.88. The van der Waals surface area contributed by atoms with Crippen molar-refractivity contribution < 1.29 is 0 Å². The third-order valence-corrected chi connectivity index (χ3v) is 6.62. The molecule has 3 nitrogen and oxygen atoms in total. The van der Waals surface area contributed by atoms with E-state index in [1.54, 1.807) is 11.3 Å². The molecule has 2 heterocycles. The minimum Gasteiger partial charge on any atom is -0.382 e. The molecule has 7 heteroatoms. The summed E-state index contributed by atoms with van der Waals surface area (Å²) in [6, 6.07) is 10.1. The van der Waals surface area contributed by atoms with Crippen LogP contribution < -0.4 is 5.73 Å². The number of benzene rings is 1. The third kappa shape index (κ3) is 2.59. The van der Waals surface area contributed by atoms with Crippen molar-refractivity contribution in [3.05, 3.63) is 43.1 Å². The van der Waals surface area contributed by atoms with Gasteiger partial charge in [-0.05, 0) is 55.6 Å². The summed E-state index contributed by atoms with van der Waals surface area (Å²) < 4.78 is 3.10. The summed E-state index contributed by atoms with van der Waals surface area (Å²) in [7, 11) is 0. The zero-order chi connectivity index (χ0) is 14.3. The SMILES string of the molecule is Nc1n[nH]c(-c2cc(Br)c(Br)s2)c1-c1ccc(Br)cc1. The van der Waals surface area contributed by atoms with E-state index in [1.165, 1.54) is 0 Å². The highest BCUT2D eigenvalue weighted by Crippen LogP contribution is 2.42. The van der Waals surface area contributed by atoms with E-state index in [-0.39, 0.29) is 0 Å². The highest BCUT2D eigenvalue weighted by Gasteiger charge is 2.17. The van der Waals surface area contributed by atoms with E-state index in [0.29, 0.717) is 5.82 Å². The van der Waals surface area contributed by atoms with E-state index >= 15 is 0 Å². The van der Waals surface area contributed by atoms with E-state index in [9.17, 15) is 0 Å². The molecule has 3 aromatic rings. The van der Waals surface area contributed by atoms with Crippen LogP contribution >= 0.6 is 59.1 Å². The van der Waals surface area contributed by atoms with Gasteiger partial charge in [-0.1, -0.05) is 28.1 Å². The first-order valence-corrected chi connectivity index (χ1v) is 8.81. The topological polar surface area (TPSA) is 54.7 Å². The molecule has 1 aromatic carbocycles. The predicted molar refractivity (Wildman–Crippen MR) is 94.8 cm³/mol. The number of thiophene rings is 1. The number of nitrogen functional groups attached to an aromatic ring is 1.